The van der Waals surface area contributed by atoms with E-state index in [1.165, 1.54) is 75.0 Å². The number of hydrogen-bond acceptors (Lipinski definition) is 22. The largest absolute Gasteiger partial charge is 0.506 e. The van der Waals surface area contributed by atoms with Gasteiger partial charge in [-0.05, 0) is 155 Å². The van der Waals surface area contributed by atoms with Gasteiger partial charge in [-0.1, -0.05) is 198 Å². The molecule has 0 spiro atoms. The second kappa shape index (κ2) is 39.4. The van der Waals surface area contributed by atoms with Crippen LogP contribution >= 0.6 is 74.4 Å². The molecule has 34 heteroatoms. The molecule has 23 nitrogen and oxygen atoms in total. The summed E-state index contributed by atoms with van der Waals surface area (Å²) in [5, 5.41) is 44.9. The number of aryl methyl sites for hydroxylation is 1. The van der Waals surface area contributed by atoms with Crippen LogP contribution in [0.1, 0.15) is 22.3 Å². The monoisotopic (exact) mass is 1980 g/mol. The van der Waals surface area contributed by atoms with Crippen LogP contribution in [0.2, 0.25) is 10.0 Å². The van der Waals surface area contributed by atoms with E-state index in [2.05, 4.69) is 15.9 Å². The molecule has 0 unspecified atom stereocenters. The Balaban J connectivity index is 0.000000132. The summed E-state index contributed by atoms with van der Waals surface area (Å²) in [4.78, 5) is 105. The summed E-state index contributed by atoms with van der Waals surface area (Å²) >= 11 is 17.4. The standard InChI is InChI=1S/C28H20ClNO5S.C28H18F3NO5S.C26H17ClFNO5S.C19H11BrFNO4/c1-16-23(17-8-4-3-5-9-17)30(19-11-7-12-20(15-19)34-2)27(32)22-24(31)26(28(33)35-25(16)22)36-21-13-6-10-18(29)14-21;1-36-18-11-7-10-17(14-18)32-20(16-8-3-2-4-9-16)15-21-23(26(32)34)24(33)25(27(35)37-21)38-22-13-6-5-12-19(22)28(29,30)31;1-33-17-8-9-19-20(12-17)29(13-14-4-2-6-16(28)10-14)25(31)21-22(30)24(26(32)34-23(19)21)35-18-7-3-5-15(27)11-18;20-15-16(23)14-17(26-19(15)25)11-6-2-4-8-13(11)22(18(14)24)9-10-5-1-3-7-12(10)21/h3-15,31H,1-2H3;2-15,33H,1H3;2-12,30H,13H2,1H3;1-8,23H,9H2. The van der Waals surface area contributed by atoms with Crippen molar-refractivity contribution in [3.8, 4) is 74.1 Å². The third kappa shape index (κ3) is 19.0. The fourth-order valence-electron chi connectivity index (χ4n) is 15.1. The van der Waals surface area contributed by atoms with Crippen molar-refractivity contribution in [1.29, 1.82) is 0 Å². The van der Waals surface area contributed by atoms with Crippen LogP contribution < -0.4 is 59.0 Å². The number of aromatic nitrogens is 4. The van der Waals surface area contributed by atoms with Gasteiger partial charge in [-0.15, -0.1) is 0 Å². The van der Waals surface area contributed by atoms with E-state index in [1.807, 2.05) is 30.3 Å². The van der Waals surface area contributed by atoms with Gasteiger partial charge < -0.3 is 61.4 Å². The zero-order valence-corrected chi connectivity index (χ0v) is 76.0. The lowest BCUT2D eigenvalue weighted by Crippen LogP contribution is -2.23. The van der Waals surface area contributed by atoms with E-state index in [0.717, 1.165) is 35.2 Å². The Morgan fingerprint density at radius 3 is 1.50 bits per heavy atom. The average molecular weight is 1980 g/mol. The van der Waals surface area contributed by atoms with Crippen molar-refractivity contribution in [2.24, 2.45) is 0 Å². The predicted octanol–water partition coefficient (Wildman–Crippen LogP) is 22.5. The number of ether oxygens (including phenoxy) is 3. The lowest BCUT2D eigenvalue weighted by atomic mass is 10.0. The first kappa shape index (κ1) is 93.2. The quantitative estimate of drug-likeness (QED) is 0.0486. The molecule has 11 aromatic carbocycles. The molecule has 0 bridgehead atoms. The molecule has 19 rings (SSSR count). The van der Waals surface area contributed by atoms with Gasteiger partial charge in [0.25, 0.3) is 22.2 Å². The minimum atomic E-state index is -4.69. The van der Waals surface area contributed by atoms with E-state index >= 15 is 0 Å². The van der Waals surface area contributed by atoms with Crippen molar-refractivity contribution in [2.45, 2.75) is 55.6 Å². The third-order valence-electron chi connectivity index (χ3n) is 21.3. The molecule has 0 amide bonds. The van der Waals surface area contributed by atoms with Crippen LogP contribution in [-0.4, -0.2) is 60.0 Å². The van der Waals surface area contributed by atoms with Crippen molar-refractivity contribution in [2.75, 3.05) is 21.3 Å². The molecule has 0 saturated heterocycles. The van der Waals surface area contributed by atoms with Gasteiger partial charge in [-0.2, -0.15) is 13.2 Å². The lowest BCUT2D eigenvalue weighted by Gasteiger charge is -2.19. The van der Waals surface area contributed by atoms with E-state index < -0.39 is 96.0 Å². The Morgan fingerprint density at radius 1 is 0.415 bits per heavy atom. The average Bonchev–Trinajstić information content (AvgIpc) is 0.729. The number of pyridine rings is 4. The Bertz CT molecular complexity index is 8490. The number of alkyl halides is 3. The minimum Gasteiger partial charge on any atom is -0.506 e. The SMILES string of the molecule is COc1ccc2c3oc(=O)c(Sc4cccc(Cl)c4)c(O)c3c(=O)n(Cc3cccc(F)c3)c2c1.COc1cccc(-n2c(-c3ccccc3)c(C)c3oc(=O)c(Sc4cccc(Cl)c4)c(O)c3c2=O)c1.COc1cccc(-n2c(-c3ccccc3)cc3oc(=O)c(Sc4ccccc4C(F)(F)F)c(O)c3c2=O)c1.O=c1oc2c(c(O)c1Br)c(=O)n(Cc1ccccc1F)c1ccccc21. The molecule has 4 N–H and O–H groups in total. The lowest BCUT2D eigenvalue weighted by molar-refractivity contribution is -0.139. The van der Waals surface area contributed by atoms with Gasteiger partial charge in [0.1, 0.15) is 75.2 Å². The highest BCUT2D eigenvalue weighted by Crippen LogP contribution is 2.46. The zero-order chi connectivity index (χ0) is 95.5. The van der Waals surface area contributed by atoms with Crippen LogP contribution in [0.4, 0.5) is 22.0 Å². The molecule has 0 aliphatic carbocycles. The molecule has 8 heterocycles. The highest BCUT2D eigenvalue weighted by atomic mass is 79.9. The summed E-state index contributed by atoms with van der Waals surface area (Å²) in [5.41, 5.74) is -1.54. The summed E-state index contributed by atoms with van der Waals surface area (Å²) in [6.07, 6.45) is -4.69. The smallest absolute Gasteiger partial charge is 0.417 e. The Morgan fingerprint density at radius 2 is 0.896 bits per heavy atom. The first-order valence-corrected chi connectivity index (χ1v) is 44.3. The number of rotatable bonds is 17. The number of nitrogens with zero attached hydrogens (tertiary/aromatic N) is 4. The highest BCUT2D eigenvalue weighted by molar-refractivity contribution is 9.10. The van der Waals surface area contributed by atoms with Crippen LogP contribution in [0.3, 0.4) is 0 Å². The second-order valence-corrected chi connectivity index (χ2v) is 34.5. The van der Waals surface area contributed by atoms with Crippen molar-refractivity contribution in [1.82, 2.24) is 18.3 Å². The minimum absolute atomic E-state index is 0.00100. The molecule has 678 valence electrons. The normalized spacial score (nSPS) is 11.3. The maximum absolute atomic E-state index is 14.1. The van der Waals surface area contributed by atoms with Crippen LogP contribution in [0.25, 0.3) is 99.6 Å². The molecule has 0 atom stereocenters. The van der Waals surface area contributed by atoms with Gasteiger partial charge in [-0.25, -0.2) is 28.0 Å². The van der Waals surface area contributed by atoms with Gasteiger partial charge in [0.15, 0.2) is 39.7 Å². The predicted molar refractivity (Wildman–Crippen MR) is 512 cm³/mol. The van der Waals surface area contributed by atoms with Crippen LogP contribution in [0.5, 0.6) is 40.2 Å². The molecule has 0 fully saturated rings. The van der Waals surface area contributed by atoms with E-state index in [0.29, 0.717) is 116 Å². The number of para-hydroxylation sites is 1. The van der Waals surface area contributed by atoms with Gasteiger partial charge >= 0.3 is 28.7 Å². The summed E-state index contributed by atoms with van der Waals surface area (Å²) < 4.78 is 112. The molecule has 8 aromatic heterocycles. The molecular formula is C101H66BrCl2F5N4O19S3. The number of methoxy groups -OCH3 is 3. The number of halogens is 8. The molecule has 0 radical (unpaired) electrons. The van der Waals surface area contributed by atoms with Crippen molar-refractivity contribution in [3.63, 3.8) is 0 Å². The molecule has 0 aliphatic rings. The van der Waals surface area contributed by atoms with Crippen LogP contribution in [-0.2, 0) is 19.3 Å². The first-order chi connectivity index (χ1) is 64.9. The summed E-state index contributed by atoms with van der Waals surface area (Å²) in [7, 11) is 4.51. The summed E-state index contributed by atoms with van der Waals surface area (Å²) in [6, 6.07) is 75.3. The van der Waals surface area contributed by atoms with Gasteiger partial charge in [0, 0.05) is 70.9 Å². The second-order valence-electron chi connectivity index (χ2n) is 29.6. The first-order valence-electron chi connectivity index (χ1n) is 40.3. The number of benzene rings is 11. The van der Waals surface area contributed by atoms with Gasteiger partial charge in [-0.3, -0.25) is 28.3 Å². The number of hydrogen-bond donors (Lipinski definition) is 4. The number of aromatic hydroxyl groups is 4. The Kier molecular flexibility index (Phi) is 27.2. The maximum atomic E-state index is 14.1. The Hall–Kier alpha value is -15.1. The molecule has 0 saturated carbocycles. The Labute approximate surface area is 788 Å². The van der Waals surface area contributed by atoms with Crippen LogP contribution in [0, 0.1) is 18.6 Å². The zero-order valence-electron chi connectivity index (χ0n) is 70.4. The van der Waals surface area contributed by atoms with Crippen LogP contribution in [0.15, 0.2) is 369 Å². The highest BCUT2D eigenvalue weighted by Gasteiger charge is 2.35. The fourth-order valence-corrected chi connectivity index (χ4v) is 18.6. The number of fused-ring (bicyclic) bond motifs is 8. The maximum Gasteiger partial charge on any atom is 0.417 e. The summed E-state index contributed by atoms with van der Waals surface area (Å²) in [6.45, 7) is 1.75. The van der Waals surface area contributed by atoms with Gasteiger partial charge in [0.05, 0.1) is 73.8 Å². The van der Waals surface area contributed by atoms with E-state index in [4.69, 9.17) is 55.1 Å². The van der Waals surface area contributed by atoms with Crippen molar-refractivity contribution < 1.29 is 74.3 Å². The van der Waals surface area contributed by atoms with E-state index in [-0.39, 0.29) is 76.1 Å². The summed E-state index contributed by atoms with van der Waals surface area (Å²) in [5.74, 6) is -1.54. The van der Waals surface area contributed by atoms with Gasteiger partial charge in [0.2, 0.25) is 0 Å². The third-order valence-corrected chi connectivity index (χ3v) is 25.7. The van der Waals surface area contributed by atoms with Crippen molar-refractivity contribution >= 4 is 140 Å². The van der Waals surface area contributed by atoms with E-state index in [9.17, 15) is 80.7 Å². The van der Waals surface area contributed by atoms with E-state index in [1.54, 1.807) is 214 Å². The molecule has 135 heavy (non-hydrogen) atoms. The topological polar surface area (TPSA) is 317 Å². The molecule has 19 aromatic rings. The molecule has 0 aliphatic heterocycles. The van der Waals surface area contributed by atoms with Crippen molar-refractivity contribution in [3.05, 3.63) is 411 Å². The fraction of sp³-hybridized carbons (Fsp3) is 0.0693. The molecular weight excluding hydrogens is 1920 g/mol.